The zero-order chi connectivity index (χ0) is 16.9. The Morgan fingerprint density at radius 1 is 1.21 bits per heavy atom. The van der Waals surface area contributed by atoms with Crippen molar-refractivity contribution in [2.45, 2.75) is 6.61 Å². The molecule has 6 nitrogen and oxygen atoms in total. The number of ether oxygens (including phenoxy) is 2. The number of hydrogen-bond donors (Lipinski definition) is 2. The molecule has 0 aliphatic rings. The molecule has 1 aromatic heterocycles. The molecule has 3 rings (SSSR count). The van der Waals surface area contributed by atoms with Gasteiger partial charge in [-0.2, -0.15) is 0 Å². The third-order valence-corrected chi connectivity index (χ3v) is 3.61. The number of H-pyrrole nitrogens is 1. The number of nitrogens with one attached hydrogen (secondary N) is 2. The molecule has 0 radical (unpaired) electrons. The van der Waals surface area contributed by atoms with Gasteiger partial charge in [-0.3, -0.25) is 4.79 Å². The lowest BCUT2D eigenvalue weighted by molar-refractivity contribution is -0.105. The van der Waals surface area contributed by atoms with Crippen LogP contribution in [0.2, 0.25) is 0 Å². The van der Waals surface area contributed by atoms with E-state index in [0.717, 1.165) is 5.56 Å². The minimum absolute atomic E-state index is 0.194. The van der Waals surface area contributed by atoms with E-state index in [9.17, 15) is 9.59 Å². The summed E-state index contributed by atoms with van der Waals surface area (Å²) in [5.41, 5.74) is 2.32. The molecule has 3 aromatic rings. The first-order valence-corrected chi connectivity index (χ1v) is 7.34. The van der Waals surface area contributed by atoms with Crippen LogP contribution in [0.15, 0.2) is 48.5 Å². The van der Waals surface area contributed by atoms with Gasteiger partial charge in [0.15, 0.2) is 0 Å². The highest BCUT2D eigenvalue weighted by Gasteiger charge is 2.18. The first-order valence-electron chi connectivity index (χ1n) is 7.34. The molecule has 0 saturated heterocycles. The van der Waals surface area contributed by atoms with Crippen LogP contribution in [0.3, 0.4) is 0 Å². The van der Waals surface area contributed by atoms with Crippen LogP contribution in [0.5, 0.6) is 5.75 Å². The smallest absolute Gasteiger partial charge is 0.356 e. The predicted molar refractivity (Wildman–Crippen MR) is 90.1 cm³/mol. The average molecular weight is 324 g/mol. The Morgan fingerprint density at radius 2 is 2.00 bits per heavy atom. The molecule has 0 aliphatic heterocycles. The lowest BCUT2D eigenvalue weighted by Gasteiger charge is -2.07. The number of rotatable bonds is 6. The van der Waals surface area contributed by atoms with Gasteiger partial charge in [0.1, 0.15) is 18.1 Å². The maximum Gasteiger partial charge on any atom is 0.356 e. The maximum atomic E-state index is 11.8. The van der Waals surface area contributed by atoms with E-state index >= 15 is 0 Å². The summed E-state index contributed by atoms with van der Waals surface area (Å²) in [7, 11) is 1.28. The number of aromatic amines is 1. The van der Waals surface area contributed by atoms with Gasteiger partial charge in [-0.15, -0.1) is 0 Å². The number of amides is 1. The monoisotopic (exact) mass is 324 g/mol. The SMILES string of the molecule is COC(=O)c1[nH]c2ccc(OCc3ccccc3)cc2c1NC=O. The highest BCUT2D eigenvalue weighted by molar-refractivity contribution is 6.08. The van der Waals surface area contributed by atoms with Crippen LogP contribution in [-0.4, -0.2) is 24.5 Å². The molecular weight excluding hydrogens is 308 g/mol. The normalized spacial score (nSPS) is 10.4. The highest BCUT2D eigenvalue weighted by atomic mass is 16.5. The van der Waals surface area contributed by atoms with Crippen molar-refractivity contribution in [1.82, 2.24) is 4.98 Å². The molecule has 24 heavy (non-hydrogen) atoms. The van der Waals surface area contributed by atoms with Crippen LogP contribution < -0.4 is 10.1 Å². The minimum atomic E-state index is -0.553. The zero-order valence-corrected chi connectivity index (χ0v) is 13.0. The summed E-state index contributed by atoms with van der Waals surface area (Å²) in [5.74, 6) is 0.0815. The third-order valence-electron chi connectivity index (χ3n) is 3.61. The number of carbonyl (C=O) groups is 2. The van der Waals surface area contributed by atoms with Gasteiger partial charge in [0, 0.05) is 10.9 Å². The van der Waals surface area contributed by atoms with Crippen molar-refractivity contribution < 1.29 is 19.1 Å². The molecular formula is C18H16N2O4. The van der Waals surface area contributed by atoms with Gasteiger partial charge in [-0.1, -0.05) is 30.3 Å². The maximum absolute atomic E-state index is 11.8. The Morgan fingerprint density at radius 3 is 2.71 bits per heavy atom. The fourth-order valence-electron chi connectivity index (χ4n) is 2.47. The number of anilines is 1. The molecule has 0 aliphatic carbocycles. The van der Waals surface area contributed by atoms with Gasteiger partial charge in [0.05, 0.1) is 12.8 Å². The Kier molecular flexibility index (Phi) is 4.47. The van der Waals surface area contributed by atoms with Crippen LogP contribution in [-0.2, 0) is 16.1 Å². The molecule has 122 valence electrons. The topological polar surface area (TPSA) is 80.4 Å². The largest absolute Gasteiger partial charge is 0.489 e. The van der Waals surface area contributed by atoms with Gasteiger partial charge in [-0.05, 0) is 23.8 Å². The van der Waals surface area contributed by atoms with Gasteiger partial charge in [-0.25, -0.2) is 4.79 Å². The zero-order valence-electron chi connectivity index (χ0n) is 13.0. The standard InChI is InChI=1S/C18H16N2O4/c1-23-18(22)17-16(19-11-21)14-9-13(7-8-15(14)20-17)24-10-12-5-3-2-4-6-12/h2-9,11,20H,10H2,1H3,(H,19,21). The number of esters is 1. The van der Waals surface area contributed by atoms with Crippen molar-refractivity contribution in [2.24, 2.45) is 0 Å². The van der Waals surface area contributed by atoms with E-state index in [2.05, 4.69) is 10.3 Å². The second-order valence-corrected chi connectivity index (χ2v) is 5.11. The lowest BCUT2D eigenvalue weighted by atomic mass is 10.2. The van der Waals surface area contributed by atoms with Crippen LogP contribution in [0, 0.1) is 0 Å². The fraction of sp³-hybridized carbons (Fsp3) is 0.111. The van der Waals surface area contributed by atoms with Crippen LogP contribution in [0.25, 0.3) is 10.9 Å². The minimum Gasteiger partial charge on any atom is -0.489 e. The van der Waals surface area contributed by atoms with Crippen LogP contribution >= 0.6 is 0 Å². The number of methoxy groups -OCH3 is 1. The molecule has 0 spiro atoms. The number of carbonyl (C=O) groups excluding carboxylic acids is 2. The van der Waals surface area contributed by atoms with E-state index < -0.39 is 5.97 Å². The van der Waals surface area contributed by atoms with Crippen LogP contribution in [0.1, 0.15) is 16.1 Å². The summed E-state index contributed by atoms with van der Waals surface area (Å²) in [6, 6.07) is 15.2. The van der Waals surface area contributed by atoms with E-state index in [1.807, 2.05) is 30.3 Å². The van der Waals surface area contributed by atoms with Crippen molar-refractivity contribution in [1.29, 1.82) is 0 Å². The summed E-state index contributed by atoms with van der Waals surface area (Å²) in [4.78, 5) is 25.6. The molecule has 2 aromatic carbocycles. The first-order chi connectivity index (χ1) is 11.7. The van der Waals surface area contributed by atoms with Gasteiger partial charge >= 0.3 is 5.97 Å². The summed E-state index contributed by atoms with van der Waals surface area (Å²) < 4.78 is 10.5. The summed E-state index contributed by atoms with van der Waals surface area (Å²) in [5, 5.41) is 3.22. The van der Waals surface area contributed by atoms with E-state index in [-0.39, 0.29) is 5.69 Å². The molecule has 0 bridgehead atoms. The second-order valence-electron chi connectivity index (χ2n) is 5.11. The van der Waals surface area contributed by atoms with Gasteiger partial charge in [0.25, 0.3) is 0 Å². The number of benzene rings is 2. The predicted octanol–water partition coefficient (Wildman–Crippen LogP) is 3.10. The highest BCUT2D eigenvalue weighted by Crippen LogP contribution is 2.31. The fourth-order valence-corrected chi connectivity index (χ4v) is 2.47. The average Bonchev–Trinajstić information content (AvgIpc) is 2.98. The van der Waals surface area contributed by atoms with Crippen molar-refractivity contribution in [2.75, 3.05) is 12.4 Å². The van der Waals surface area contributed by atoms with E-state index in [1.165, 1.54) is 7.11 Å². The van der Waals surface area contributed by atoms with Gasteiger partial charge in [0.2, 0.25) is 6.41 Å². The quantitative estimate of drug-likeness (QED) is 0.539. The third kappa shape index (κ3) is 3.08. The molecule has 1 heterocycles. The Hall–Kier alpha value is -3.28. The van der Waals surface area contributed by atoms with Crippen molar-refractivity contribution >= 4 is 29.0 Å². The molecule has 0 atom stereocenters. The summed E-state index contributed by atoms with van der Waals surface area (Å²) in [6.45, 7) is 0.428. The molecule has 0 fully saturated rings. The van der Waals surface area contributed by atoms with Gasteiger partial charge < -0.3 is 19.8 Å². The first kappa shape index (κ1) is 15.6. The van der Waals surface area contributed by atoms with E-state index in [1.54, 1.807) is 18.2 Å². The summed E-state index contributed by atoms with van der Waals surface area (Å²) in [6.07, 6.45) is 0.520. The molecule has 0 unspecified atom stereocenters. The Labute approximate surface area is 138 Å². The lowest BCUT2D eigenvalue weighted by Crippen LogP contribution is -2.06. The molecule has 6 heteroatoms. The van der Waals surface area contributed by atoms with E-state index in [4.69, 9.17) is 9.47 Å². The summed E-state index contributed by atoms with van der Waals surface area (Å²) >= 11 is 0. The molecule has 0 saturated carbocycles. The second kappa shape index (κ2) is 6.87. The number of aromatic nitrogens is 1. The molecule has 2 N–H and O–H groups in total. The van der Waals surface area contributed by atoms with Crippen molar-refractivity contribution in [3.63, 3.8) is 0 Å². The Balaban J connectivity index is 1.92. The van der Waals surface area contributed by atoms with Crippen molar-refractivity contribution in [3.8, 4) is 5.75 Å². The van der Waals surface area contributed by atoms with Crippen LogP contribution in [0.4, 0.5) is 5.69 Å². The Bertz CT molecular complexity index is 871. The number of hydrogen-bond acceptors (Lipinski definition) is 4. The van der Waals surface area contributed by atoms with Crippen molar-refractivity contribution in [3.05, 3.63) is 59.8 Å². The number of fused-ring (bicyclic) bond motifs is 1. The molecule has 1 amide bonds. The van der Waals surface area contributed by atoms with E-state index in [0.29, 0.717) is 35.4 Å².